The van der Waals surface area contributed by atoms with Gasteiger partial charge in [0, 0.05) is 0 Å². The summed E-state index contributed by atoms with van der Waals surface area (Å²) in [5.41, 5.74) is 0. The molecule has 2 atom stereocenters. The fourth-order valence-corrected chi connectivity index (χ4v) is 1.23. The van der Waals surface area contributed by atoms with Crippen molar-refractivity contribution < 1.29 is 5.11 Å². The average molecular weight is 143 g/mol. The molecular weight excluding hydrogens is 124 g/mol. The maximum Gasteiger partial charge on any atom is 0.0565 e. The van der Waals surface area contributed by atoms with Crippen LogP contribution < -0.4 is 0 Å². The molecule has 0 fully saturated rings. The minimum atomic E-state index is -0.127. The van der Waals surface area contributed by atoms with Gasteiger partial charge in [0.25, 0.3) is 0 Å². The summed E-state index contributed by atoms with van der Waals surface area (Å²) < 4.78 is 0. The van der Waals surface area contributed by atoms with Crippen molar-refractivity contribution in [3.63, 3.8) is 0 Å². The van der Waals surface area contributed by atoms with Crippen molar-refractivity contribution in [3.8, 4) is 0 Å². The lowest BCUT2D eigenvalue weighted by molar-refractivity contribution is 0.0990. The second-order valence-electron chi connectivity index (χ2n) is 2.81. The first-order valence-electron chi connectivity index (χ1n) is 4.23. The maximum atomic E-state index is 9.41. The van der Waals surface area contributed by atoms with Crippen molar-refractivity contribution >= 4 is 0 Å². The van der Waals surface area contributed by atoms with Gasteiger partial charge in [-0.15, -0.1) is 0 Å². The molecule has 0 aliphatic carbocycles. The Morgan fingerprint density at radius 1 is 1.40 bits per heavy atom. The predicted molar refractivity (Wildman–Crippen MR) is 44.7 cm³/mol. The topological polar surface area (TPSA) is 20.2 Å². The summed E-state index contributed by atoms with van der Waals surface area (Å²) in [6.07, 6.45) is 3.86. The molecule has 10 heavy (non-hydrogen) atoms. The number of hydrogen-bond donors (Lipinski definition) is 1. The molecule has 0 aromatic carbocycles. The summed E-state index contributed by atoms with van der Waals surface area (Å²) in [6, 6.07) is 0. The third-order valence-corrected chi connectivity index (χ3v) is 1.99. The van der Waals surface area contributed by atoms with Gasteiger partial charge in [-0.05, 0) is 25.2 Å². The first-order valence-corrected chi connectivity index (χ1v) is 4.23. The fraction of sp³-hybridized carbons (Fsp3) is 0.889. The van der Waals surface area contributed by atoms with Crippen LogP contribution in [0.3, 0.4) is 0 Å². The van der Waals surface area contributed by atoms with E-state index < -0.39 is 0 Å². The van der Waals surface area contributed by atoms with Crippen LogP contribution in [-0.4, -0.2) is 11.2 Å². The number of aliphatic hydroxyl groups is 1. The quantitative estimate of drug-likeness (QED) is 0.626. The second-order valence-corrected chi connectivity index (χ2v) is 2.81. The minimum absolute atomic E-state index is 0.127. The van der Waals surface area contributed by atoms with Gasteiger partial charge in [0.05, 0.1) is 6.10 Å². The summed E-state index contributed by atoms with van der Waals surface area (Å²) in [4.78, 5) is 0. The smallest absolute Gasteiger partial charge is 0.0565 e. The average Bonchev–Trinajstić information content (AvgIpc) is 1.99. The first kappa shape index (κ1) is 9.96. The monoisotopic (exact) mass is 143 g/mol. The molecule has 0 aromatic rings. The van der Waals surface area contributed by atoms with E-state index in [1.54, 1.807) is 0 Å². The van der Waals surface area contributed by atoms with Crippen LogP contribution in [0.2, 0.25) is 0 Å². The summed E-state index contributed by atoms with van der Waals surface area (Å²) in [5, 5.41) is 9.41. The van der Waals surface area contributed by atoms with Gasteiger partial charge in [-0.1, -0.05) is 27.2 Å². The molecule has 0 aliphatic heterocycles. The van der Waals surface area contributed by atoms with Crippen LogP contribution in [0.1, 0.15) is 39.5 Å². The number of rotatable bonds is 5. The van der Waals surface area contributed by atoms with Crippen LogP contribution >= 0.6 is 0 Å². The lowest BCUT2D eigenvalue weighted by Gasteiger charge is -2.18. The van der Waals surface area contributed by atoms with E-state index in [1.165, 1.54) is 0 Å². The van der Waals surface area contributed by atoms with Gasteiger partial charge in [0.2, 0.25) is 0 Å². The highest BCUT2D eigenvalue weighted by molar-refractivity contribution is 4.67. The van der Waals surface area contributed by atoms with Gasteiger partial charge < -0.3 is 5.11 Å². The molecular formula is C9H19O. The Morgan fingerprint density at radius 2 is 2.00 bits per heavy atom. The van der Waals surface area contributed by atoms with Gasteiger partial charge in [-0.3, -0.25) is 0 Å². The van der Waals surface area contributed by atoms with E-state index in [0.717, 1.165) is 25.7 Å². The van der Waals surface area contributed by atoms with Crippen molar-refractivity contribution in [3.05, 3.63) is 6.92 Å². The van der Waals surface area contributed by atoms with Crippen LogP contribution in [0, 0.1) is 12.8 Å². The summed E-state index contributed by atoms with van der Waals surface area (Å²) in [6.45, 7) is 7.97. The molecule has 0 amide bonds. The van der Waals surface area contributed by atoms with Crippen LogP contribution in [-0.2, 0) is 0 Å². The highest BCUT2D eigenvalue weighted by Crippen LogP contribution is 2.16. The van der Waals surface area contributed by atoms with Crippen molar-refractivity contribution in [1.29, 1.82) is 0 Å². The van der Waals surface area contributed by atoms with Crippen molar-refractivity contribution in [2.24, 2.45) is 5.92 Å². The lowest BCUT2D eigenvalue weighted by Crippen LogP contribution is -2.18. The Labute approximate surface area is 64.5 Å². The van der Waals surface area contributed by atoms with Crippen LogP contribution in [0.4, 0.5) is 0 Å². The number of aliphatic hydroxyl groups excluding tert-OH is 1. The standard InChI is InChI=1S/C9H19O/c1-4-7-8(5-2)9(10)6-3/h8-10H,2,4-7H2,1,3H3. The predicted octanol–water partition coefficient (Wildman–Crippen LogP) is 2.40. The van der Waals surface area contributed by atoms with Crippen LogP contribution in [0.5, 0.6) is 0 Å². The molecule has 0 saturated heterocycles. The van der Waals surface area contributed by atoms with E-state index >= 15 is 0 Å². The molecule has 1 nitrogen and oxygen atoms in total. The Morgan fingerprint density at radius 3 is 2.30 bits per heavy atom. The third-order valence-electron chi connectivity index (χ3n) is 1.99. The normalized spacial score (nSPS) is 16.8. The Balaban J connectivity index is 3.56. The summed E-state index contributed by atoms with van der Waals surface area (Å²) in [7, 11) is 0. The SMILES string of the molecule is [CH2]CC(CCC)C(O)CC. The van der Waals surface area contributed by atoms with E-state index in [2.05, 4.69) is 13.8 Å². The van der Waals surface area contributed by atoms with E-state index in [0.29, 0.717) is 5.92 Å². The van der Waals surface area contributed by atoms with Gasteiger partial charge in [-0.25, -0.2) is 0 Å². The molecule has 1 heteroatoms. The zero-order valence-electron chi connectivity index (χ0n) is 7.14. The van der Waals surface area contributed by atoms with E-state index in [4.69, 9.17) is 0 Å². The molecule has 0 bridgehead atoms. The molecule has 0 saturated carbocycles. The second kappa shape index (κ2) is 5.72. The van der Waals surface area contributed by atoms with Gasteiger partial charge >= 0.3 is 0 Å². The molecule has 0 aromatic heterocycles. The minimum Gasteiger partial charge on any atom is -0.393 e. The highest BCUT2D eigenvalue weighted by Gasteiger charge is 2.13. The largest absolute Gasteiger partial charge is 0.393 e. The molecule has 0 heterocycles. The summed E-state index contributed by atoms with van der Waals surface area (Å²) in [5.74, 6) is 0.426. The Bertz CT molecular complexity index is 71.1. The maximum absolute atomic E-state index is 9.41. The van der Waals surface area contributed by atoms with E-state index in [1.807, 2.05) is 6.92 Å². The molecule has 61 valence electrons. The fourth-order valence-electron chi connectivity index (χ4n) is 1.23. The number of hydrogen-bond acceptors (Lipinski definition) is 1. The van der Waals surface area contributed by atoms with Crippen LogP contribution in [0.15, 0.2) is 0 Å². The zero-order chi connectivity index (χ0) is 7.98. The Hall–Kier alpha value is -0.0400. The first-order chi connectivity index (χ1) is 4.76. The Kier molecular flexibility index (Phi) is 5.70. The molecule has 0 spiro atoms. The van der Waals surface area contributed by atoms with Gasteiger partial charge in [0.1, 0.15) is 0 Å². The van der Waals surface area contributed by atoms with E-state index in [-0.39, 0.29) is 6.10 Å². The molecule has 0 aliphatic rings. The van der Waals surface area contributed by atoms with Crippen molar-refractivity contribution in [2.45, 2.75) is 45.6 Å². The third kappa shape index (κ3) is 3.21. The molecule has 1 N–H and O–H groups in total. The van der Waals surface area contributed by atoms with Gasteiger partial charge in [0.15, 0.2) is 0 Å². The molecule has 2 unspecified atom stereocenters. The van der Waals surface area contributed by atoms with E-state index in [9.17, 15) is 5.11 Å². The van der Waals surface area contributed by atoms with Gasteiger partial charge in [-0.2, -0.15) is 0 Å². The lowest BCUT2D eigenvalue weighted by atomic mass is 9.93. The van der Waals surface area contributed by atoms with Crippen LogP contribution in [0.25, 0.3) is 0 Å². The molecule has 1 radical (unpaired) electrons. The zero-order valence-corrected chi connectivity index (χ0v) is 7.14. The van der Waals surface area contributed by atoms with Crippen molar-refractivity contribution in [1.82, 2.24) is 0 Å². The molecule has 0 rings (SSSR count). The van der Waals surface area contributed by atoms with Crippen molar-refractivity contribution in [2.75, 3.05) is 0 Å². The highest BCUT2D eigenvalue weighted by atomic mass is 16.3. The summed E-state index contributed by atoms with van der Waals surface area (Å²) >= 11 is 0.